The van der Waals surface area contributed by atoms with Crippen LogP contribution in [0.15, 0.2) is 11.2 Å². The first-order valence-electron chi connectivity index (χ1n) is 2.97. The summed E-state index contributed by atoms with van der Waals surface area (Å²) in [7, 11) is 0. The minimum atomic E-state index is -0.796. The van der Waals surface area contributed by atoms with Crippen LogP contribution in [0.5, 0.6) is 0 Å². The minimum absolute atomic E-state index is 0.161. The number of aromatic nitrogens is 1. The third-order valence-corrected chi connectivity index (χ3v) is 1.83. The fourth-order valence-corrected chi connectivity index (χ4v) is 1.19. The zero-order chi connectivity index (χ0) is 8.27. The zero-order valence-electron chi connectivity index (χ0n) is 5.87. The molecule has 0 amide bonds. The van der Waals surface area contributed by atoms with Crippen molar-refractivity contribution in [2.45, 2.75) is 6.92 Å². The van der Waals surface area contributed by atoms with Crippen LogP contribution in [0.1, 0.15) is 10.7 Å². The van der Waals surface area contributed by atoms with Gasteiger partial charge in [-0.15, -0.1) is 11.3 Å². The van der Waals surface area contributed by atoms with Crippen molar-refractivity contribution in [3.8, 4) is 0 Å². The van der Waals surface area contributed by atoms with Gasteiger partial charge in [-0.25, -0.2) is 9.37 Å². The Kier molecular flexibility index (Phi) is 2.48. The van der Waals surface area contributed by atoms with Crippen LogP contribution >= 0.6 is 11.3 Å². The van der Waals surface area contributed by atoms with E-state index in [1.807, 2.05) is 6.92 Å². The number of thiazole rings is 1. The van der Waals surface area contributed by atoms with Crippen molar-refractivity contribution in [2.24, 2.45) is 0 Å². The number of aldehydes is 1. The first-order valence-corrected chi connectivity index (χ1v) is 3.85. The second-order valence-electron chi connectivity index (χ2n) is 1.94. The minimum Gasteiger partial charge on any atom is -0.295 e. The summed E-state index contributed by atoms with van der Waals surface area (Å²) >= 11 is 1.42. The standard InChI is InChI=1S/C7H6FNOS/c1-5-9-7(4-11-5)2-6(8)3-10/h2-4H,1H3/b6-2-. The molecule has 0 aliphatic heterocycles. The fraction of sp³-hybridized carbons (Fsp3) is 0.143. The van der Waals surface area contributed by atoms with Gasteiger partial charge in [-0.3, -0.25) is 4.79 Å². The van der Waals surface area contributed by atoms with Crippen LogP contribution in [0.4, 0.5) is 4.39 Å². The molecule has 0 spiro atoms. The summed E-state index contributed by atoms with van der Waals surface area (Å²) in [5.41, 5.74) is 0.497. The lowest BCUT2D eigenvalue weighted by Gasteiger charge is -1.80. The van der Waals surface area contributed by atoms with Crippen molar-refractivity contribution in [3.63, 3.8) is 0 Å². The molecule has 4 heteroatoms. The molecule has 58 valence electrons. The smallest absolute Gasteiger partial charge is 0.178 e. The zero-order valence-corrected chi connectivity index (χ0v) is 6.69. The molecule has 1 aromatic heterocycles. The number of aryl methyl sites for hydroxylation is 1. The fourth-order valence-electron chi connectivity index (χ4n) is 0.622. The van der Waals surface area contributed by atoms with Crippen molar-refractivity contribution in [3.05, 3.63) is 21.9 Å². The van der Waals surface area contributed by atoms with Gasteiger partial charge in [-0.05, 0) is 6.92 Å². The van der Waals surface area contributed by atoms with E-state index in [-0.39, 0.29) is 6.29 Å². The van der Waals surface area contributed by atoms with Gasteiger partial charge >= 0.3 is 0 Å². The molecule has 0 unspecified atom stereocenters. The summed E-state index contributed by atoms with van der Waals surface area (Å²) in [6.45, 7) is 1.82. The Balaban J connectivity index is 2.86. The molecule has 1 rings (SSSR count). The van der Waals surface area contributed by atoms with E-state index in [1.54, 1.807) is 5.38 Å². The second kappa shape index (κ2) is 3.39. The summed E-state index contributed by atoms with van der Waals surface area (Å²) < 4.78 is 12.3. The predicted molar refractivity (Wildman–Crippen MR) is 42.0 cm³/mol. The number of nitrogens with zero attached hydrogens (tertiary/aromatic N) is 1. The van der Waals surface area contributed by atoms with E-state index in [0.717, 1.165) is 11.1 Å². The summed E-state index contributed by atoms with van der Waals surface area (Å²) in [6, 6.07) is 0. The molecule has 0 N–H and O–H groups in total. The Morgan fingerprint density at radius 1 is 1.82 bits per heavy atom. The summed E-state index contributed by atoms with van der Waals surface area (Å²) in [5.74, 6) is -0.796. The van der Waals surface area contributed by atoms with Crippen LogP contribution in [0.2, 0.25) is 0 Å². The van der Waals surface area contributed by atoms with Crippen molar-refractivity contribution >= 4 is 23.7 Å². The van der Waals surface area contributed by atoms with Crippen LogP contribution in [0.25, 0.3) is 6.08 Å². The molecule has 0 radical (unpaired) electrons. The average molecular weight is 171 g/mol. The summed E-state index contributed by atoms with van der Waals surface area (Å²) in [4.78, 5) is 13.8. The SMILES string of the molecule is Cc1nc(/C=C(\F)C=O)cs1. The molecule has 0 atom stereocenters. The third kappa shape index (κ3) is 2.23. The number of halogens is 1. The van der Waals surface area contributed by atoms with Gasteiger partial charge in [-0.2, -0.15) is 0 Å². The maximum atomic E-state index is 12.3. The topological polar surface area (TPSA) is 30.0 Å². The quantitative estimate of drug-likeness (QED) is 0.503. The molecular weight excluding hydrogens is 165 g/mol. The molecule has 0 aliphatic rings. The average Bonchev–Trinajstić information content (AvgIpc) is 2.35. The van der Waals surface area contributed by atoms with Crippen molar-refractivity contribution in [1.82, 2.24) is 4.98 Å². The van der Waals surface area contributed by atoms with Gasteiger partial charge in [0.2, 0.25) is 0 Å². The van der Waals surface area contributed by atoms with Gasteiger partial charge in [-0.1, -0.05) is 0 Å². The van der Waals surface area contributed by atoms with E-state index in [0.29, 0.717) is 5.69 Å². The van der Waals surface area contributed by atoms with Crippen LogP contribution in [-0.2, 0) is 4.79 Å². The van der Waals surface area contributed by atoms with E-state index in [2.05, 4.69) is 4.98 Å². The molecule has 0 aliphatic carbocycles. The Morgan fingerprint density at radius 3 is 3.00 bits per heavy atom. The molecule has 0 saturated carbocycles. The lowest BCUT2D eigenvalue weighted by molar-refractivity contribution is -0.106. The predicted octanol–water partition coefficient (Wildman–Crippen LogP) is 1.96. The van der Waals surface area contributed by atoms with E-state index >= 15 is 0 Å². The molecule has 2 nitrogen and oxygen atoms in total. The second-order valence-corrected chi connectivity index (χ2v) is 3.00. The van der Waals surface area contributed by atoms with E-state index in [4.69, 9.17) is 0 Å². The molecule has 0 aromatic carbocycles. The number of allylic oxidation sites excluding steroid dienone is 1. The highest BCUT2D eigenvalue weighted by Gasteiger charge is 1.96. The van der Waals surface area contributed by atoms with Gasteiger partial charge in [0.25, 0.3) is 0 Å². The first-order chi connectivity index (χ1) is 5.22. The molecule has 0 fully saturated rings. The van der Waals surface area contributed by atoms with E-state index < -0.39 is 5.83 Å². The Bertz CT molecular complexity index is 292. The first kappa shape index (κ1) is 8.07. The number of carbonyl (C=O) groups excluding carboxylic acids is 1. The highest BCUT2D eigenvalue weighted by molar-refractivity contribution is 7.09. The van der Waals surface area contributed by atoms with Gasteiger partial charge < -0.3 is 0 Å². The van der Waals surface area contributed by atoms with Crippen LogP contribution in [0.3, 0.4) is 0 Å². The number of hydrogen-bond donors (Lipinski definition) is 0. The molecule has 11 heavy (non-hydrogen) atoms. The van der Waals surface area contributed by atoms with Gasteiger partial charge in [0.1, 0.15) is 0 Å². The third-order valence-electron chi connectivity index (χ3n) is 1.04. The van der Waals surface area contributed by atoms with Gasteiger partial charge in [0.15, 0.2) is 12.1 Å². The molecule has 1 heterocycles. The maximum absolute atomic E-state index is 12.3. The van der Waals surface area contributed by atoms with Crippen LogP contribution in [-0.4, -0.2) is 11.3 Å². The van der Waals surface area contributed by atoms with E-state index in [1.165, 1.54) is 11.3 Å². The molecular formula is C7H6FNOS. The normalized spacial score (nSPS) is 11.6. The number of rotatable bonds is 2. The van der Waals surface area contributed by atoms with Gasteiger partial charge in [0, 0.05) is 11.5 Å². The Hall–Kier alpha value is -1.03. The van der Waals surface area contributed by atoms with Crippen molar-refractivity contribution < 1.29 is 9.18 Å². The summed E-state index contributed by atoms with van der Waals surface area (Å²) in [6.07, 6.45) is 1.27. The molecule has 0 saturated heterocycles. The van der Waals surface area contributed by atoms with E-state index in [9.17, 15) is 9.18 Å². The number of carbonyl (C=O) groups is 1. The lowest BCUT2D eigenvalue weighted by atomic mass is 10.4. The monoisotopic (exact) mass is 171 g/mol. The maximum Gasteiger partial charge on any atom is 0.178 e. The Morgan fingerprint density at radius 2 is 2.55 bits per heavy atom. The molecule has 0 bridgehead atoms. The number of hydrogen-bond acceptors (Lipinski definition) is 3. The Labute approximate surface area is 67.4 Å². The summed E-state index contributed by atoms with van der Waals surface area (Å²) in [5, 5.41) is 2.55. The van der Waals surface area contributed by atoms with Crippen LogP contribution in [0, 0.1) is 6.92 Å². The lowest BCUT2D eigenvalue weighted by Crippen LogP contribution is -1.76. The highest BCUT2D eigenvalue weighted by Crippen LogP contribution is 2.11. The highest BCUT2D eigenvalue weighted by atomic mass is 32.1. The van der Waals surface area contributed by atoms with Crippen molar-refractivity contribution in [2.75, 3.05) is 0 Å². The van der Waals surface area contributed by atoms with Crippen LogP contribution < -0.4 is 0 Å². The molecule has 1 aromatic rings. The largest absolute Gasteiger partial charge is 0.295 e. The van der Waals surface area contributed by atoms with Gasteiger partial charge in [0.05, 0.1) is 10.7 Å². The van der Waals surface area contributed by atoms with Crippen molar-refractivity contribution in [1.29, 1.82) is 0 Å².